The number of hydrogen-bond acceptors (Lipinski definition) is 0. The highest BCUT2D eigenvalue weighted by Crippen LogP contribution is 2.01. The third-order valence-electron chi connectivity index (χ3n) is 1.10. The summed E-state index contributed by atoms with van der Waals surface area (Å²) < 4.78 is 0. The highest BCUT2D eigenvalue weighted by molar-refractivity contribution is 5.39. The molecule has 0 heterocycles. The van der Waals surface area contributed by atoms with Gasteiger partial charge in [0.1, 0.15) is 0 Å². The molecule has 1 aliphatic carbocycles. The molecule has 0 saturated carbocycles. The molecule has 1 aliphatic rings. The number of hydrogen-bond donors (Lipinski definition) is 0. The minimum Gasteiger partial charge on any atom is -0.0988 e. The molecule has 1 rings (SSSR count). The van der Waals surface area contributed by atoms with Crippen molar-refractivity contribution in [1.29, 1.82) is 0 Å². The predicted octanol–water partition coefficient (Wildman–Crippen LogP) is 2.05. The quantitative estimate of drug-likeness (QED) is 0.294. The van der Waals surface area contributed by atoms with E-state index < -0.39 is 0 Å². The van der Waals surface area contributed by atoms with Crippen molar-refractivity contribution in [2.75, 3.05) is 0 Å². The number of allylic oxidation sites excluding steroid dienone is 3. The zero-order chi connectivity index (χ0) is 6.53. The molecule has 0 saturated heterocycles. The summed E-state index contributed by atoms with van der Waals surface area (Å²) in [5.74, 6) is 5.76. The second-order valence-corrected chi connectivity index (χ2v) is 1.81. The molecule has 0 amide bonds. The van der Waals surface area contributed by atoms with Crippen LogP contribution in [0.2, 0.25) is 0 Å². The van der Waals surface area contributed by atoms with Crippen LogP contribution >= 0.6 is 0 Å². The molecular weight excluding hydrogens is 108 g/mol. The van der Waals surface area contributed by atoms with E-state index in [0.717, 1.165) is 12.0 Å². The minimum absolute atomic E-state index is 0.931. The molecule has 0 nitrogen and oxygen atoms in total. The number of rotatable bonds is 2. The van der Waals surface area contributed by atoms with Gasteiger partial charge in [-0.1, -0.05) is 29.7 Å². The molecule has 0 heteroatoms. The van der Waals surface area contributed by atoms with Crippen LogP contribution < -0.4 is 0 Å². The van der Waals surface area contributed by atoms with Crippen LogP contribution in [0.25, 0.3) is 0 Å². The summed E-state index contributed by atoms with van der Waals surface area (Å²) in [7, 11) is 0. The molecule has 0 unspecified atom stereocenters. The SMILES string of the molecule is C/C=C/CC1=C=CC#C1. The Morgan fingerprint density at radius 1 is 1.67 bits per heavy atom. The van der Waals surface area contributed by atoms with Gasteiger partial charge in [0, 0.05) is 18.1 Å². The molecular formula is C9H8. The summed E-state index contributed by atoms with van der Waals surface area (Å²) in [6.45, 7) is 2.01. The second kappa shape index (κ2) is 2.97. The van der Waals surface area contributed by atoms with Gasteiger partial charge in [-0.25, -0.2) is 0 Å². The normalized spacial score (nSPS) is 13.7. The van der Waals surface area contributed by atoms with Crippen LogP contribution in [0.1, 0.15) is 13.3 Å². The molecule has 0 atom stereocenters. The Hall–Kier alpha value is -1.18. The molecule has 0 radical (unpaired) electrons. The van der Waals surface area contributed by atoms with Crippen molar-refractivity contribution in [3.05, 3.63) is 29.5 Å². The zero-order valence-corrected chi connectivity index (χ0v) is 5.44. The monoisotopic (exact) mass is 116 g/mol. The predicted molar refractivity (Wildman–Crippen MR) is 38.8 cm³/mol. The summed E-state index contributed by atoms with van der Waals surface area (Å²) in [6.07, 6.45) is 6.80. The van der Waals surface area contributed by atoms with Crippen molar-refractivity contribution in [3.8, 4) is 11.8 Å². The molecule has 0 bridgehead atoms. The lowest BCUT2D eigenvalue weighted by molar-refractivity contribution is 1.31. The Kier molecular flexibility index (Phi) is 1.96. The third kappa shape index (κ3) is 1.64. The van der Waals surface area contributed by atoms with E-state index in [1.807, 2.05) is 13.0 Å². The van der Waals surface area contributed by atoms with E-state index in [4.69, 9.17) is 0 Å². The first-order valence-corrected chi connectivity index (χ1v) is 3.00. The van der Waals surface area contributed by atoms with Crippen LogP contribution in [0.4, 0.5) is 0 Å². The zero-order valence-electron chi connectivity index (χ0n) is 5.44. The molecule has 0 aromatic rings. The summed E-state index contributed by atoms with van der Waals surface area (Å²) in [5, 5.41) is 0. The maximum atomic E-state index is 3.01. The lowest BCUT2D eigenvalue weighted by Crippen LogP contribution is -1.68. The second-order valence-electron chi connectivity index (χ2n) is 1.81. The van der Waals surface area contributed by atoms with E-state index in [2.05, 4.69) is 23.6 Å². The Balaban J connectivity index is 2.50. The summed E-state index contributed by atoms with van der Waals surface area (Å²) in [5.41, 5.74) is 4.10. The highest BCUT2D eigenvalue weighted by Gasteiger charge is 1.87. The van der Waals surface area contributed by atoms with Gasteiger partial charge in [0.15, 0.2) is 0 Å². The fourth-order valence-electron chi connectivity index (χ4n) is 0.628. The summed E-state index contributed by atoms with van der Waals surface area (Å²) in [6, 6.07) is 0. The molecule has 44 valence electrons. The first-order valence-electron chi connectivity index (χ1n) is 3.00. The molecule has 0 aromatic carbocycles. The molecule has 0 aliphatic heterocycles. The first kappa shape index (κ1) is 5.95. The molecule has 0 spiro atoms. The topological polar surface area (TPSA) is 0 Å². The Bertz CT molecular complexity index is 237. The van der Waals surface area contributed by atoms with E-state index in [1.54, 1.807) is 6.08 Å². The van der Waals surface area contributed by atoms with E-state index in [1.165, 1.54) is 0 Å². The Labute approximate surface area is 55.6 Å². The smallest absolute Gasteiger partial charge is 0.0486 e. The van der Waals surface area contributed by atoms with Crippen LogP contribution in [-0.4, -0.2) is 0 Å². The van der Waals surface area contributed by atoms with Crippen LogP contribution in [0.5, 0.6) is 0 Å². The fourth-order valence-corrected chi connectivity index (χ4v) is 0.628. The molecule has 0 aromatic heterocycles. The van der Waals surface area contributed by atoms with E-state index >= 15 is 0 Å². The van der Waals surface area contributed by atoms with E-state index in [-0.39, 0.29) is 0 Å². The van der Waals surface area contributed by atoms with Gasteiger partial charge in [-0.3, -0.25) is 0 Å². The van der Waals surface area contributed by atoms with Crippen LogP contribution in [-0.2, 0) is 0 Å². The first-order chi connectivity index (χ1) is 4.43. The maximum absolute atomic E-state index is 3.01. The molecule has 0 fully saturated rings. The molecule has 9 heavy (non-hydrogen) atoms. The van der Waals surface area contributed by atoms with Crippen molar-refractivity contribution < 1.29 is 0 Å². The van der Waals surface area contributed by atoms with Crippen LogP contribution in [0.15, 0.2) is 29.5 Å². The van der Waals surface area contributed by atoms with Gasteiger partial charge in [0.25, 0.3) is 0 Å². The van der Waals surface area contributed by atoms with E-state index in [0.29, 0.717) is 0 Å². The molecule has 0 N–H and O–H groups in total. The average Bonchev–Trinajstić information content (AvgIpc) is 2.34. The van der Waals surface area contributed by atoms with Crippen molar-refractivity contribution in [3.63, 3.8) is 0 Å². The van der Waals surface area contributed by atoms with Crippen molar-refractivity contribution in [2.24, 2.45) is 0 Å². The standard InChI is InChI=1S/C9H8/c1-2-3-6-9-7-4-5-8-9/h2-4H,6H2,1H3/b3-2+. The Morgan fingerprint density at radius 3 is 3.11 bits per heavy atom. The lowest BCUT2D eigenvalue weighted by Gasteiger charge is -1.82. The summed E-state index contributed by atoms with van der Waals surface area (Å²) in [4.78, 5) is 0. The lowest BCUT2D eigenvalue weighted by atomic mass is 10.2. The van der Waals surface area contributed by atoms with Crippen molar-refractivity contribution >= 4 is 0 Å². The maximum Gasteiger partial charge on any atom is 0.0486 e. The van der Waals surface area contributed by atoms with Gasteiger partial charge in [-0.15, -0.1) is 0 Å². The fraction of sp³-hybridized carbons (Fsp3) is 0.222. The minimum atomic E-state index is 0.931. The Morgan fingerprint density at radius 2 is 2.56 bits per heavy atom. The largest absolute Gasteiger partial charge is 0.0988 e. The third-order valence-corrected chi connectivity index (χ3v) is 1.10. The van der Waals surface area contributed by atoms with Gasteiger partial charge in [0.05, 0.1) is 0 Å². The van der Waals surface area contributed by atoms with Gasteiger partial charge >= 0.3 is 0 Å². The highest BCUT2D eigenvalue weighted by atomic mass is 13.9. The van der Waals surface area contributed by atoms with Crippen molar-refractivity contribution in [1.82, 2.24) is 0 Å². The van der Waals surface area contributed by atoms with Gasteiger partial charge in [-0.2, -0.15) is 0 Å². The van der Waals surface area contributed by atoms with Gasteiger partial charge in [-0.05, 0) is 6.92 Å². The van der Waals surface area contributed by atoms with Crippen LogP contribution in [0.3, 0.4) is 0 Å². The van der Waals surface area contributed by atoms with Crippen LogP contribution in [0, 0.1) is 11.8 Å². The average molecular weight is 116 g/mol. The van der Waals surface area contributed by atoms with E-state index in [9.17, 15) is 0 Å². The van der Waals surface area contributed by atoms with Gasteiger partial charge in [0.2, 0.25) is 0 Å². The van der Waals surface area contributed by atoms with Gasteiger partial charge < -0.3 is 0 Å². The summed E-state index contributed by atoms with van der Waals surface area (Å²) >= 11 is 0. The van der Waals surface area contributed by atoms with Crippen molar-refractivity contribution in [2.45, 2.75) is 13.3 Å².